The summed E-state index contributed by atoms with van der Waals surface area (Å²) in [6.45, 7) is 2.42. The quantitative estimate of drug-likeness (QED) is 0.753. The number of rotatable bonds is 6. The van der Waals surface area contributed by atoms with E-state index in [-0.39, 0.29) is 12.5 Å². The van der Waals surface area contributed by atoms with E-state index in [1.165, 1.54) is 0 Å². The summed E-state index contributed by atoms with van der Waals surface area (Å²) in [6.07, 6.45) is 5.20. The van der Waals surface area contributed by atoms with Crippen LogP contribution in [0.3, 0.4) is 0 Å². The molecule has 0 atom stereocenters. The number of ether oxygens (including phenoxy) is 1. The number of amides is 1. The van der Waals surface area contributed by atoms with E-state index < -0.39 is 0 Å². The topological polar surface area (TPSA) is 64.1 Å². The van der Waals surface area contributed by atoms with Crippen LogP contribution in [-0.2, 0) is 11.3 Å². The highest BCUT2D eigenvalue weighted by Gasteiger charge is 2.05. The number of benzene rings is 1. The van der Waals surface area contributed by atoms with E-state index in [1.54, 1.807) is 18.6 Å². The molecule has 25 heavy (non-hydrogen) atoms. The highest BCUT2D eigenvalue weighted by molar-refractivity contribution is 5.77. The SMILES string of the molecule is Cc1ccc(OCC(=O)NCc2ccnc(-c3ccncc3)c2)cc1. The number of nitrogens with one attached hydrogen (secondary N) is 1. The molecule has 0 saturated heterocycles. The summed E-state index contributed by atoms with van der Waals surface area (Å²) in [5.74, 6) is 0.521. The van der Waals surface area contributed by atoms with Crippen molar-refractivity contribution in [3.8, 4) is 17.0 Å². The molecule has 1 amide bonds. The van der Waals surface area contributed by atoms with Gasteiger partial charge in [0.2, 0.25) is 0 Å². The number of hydrogen-bond donors (Lipinski definition) is 1. The van der Waals surface area contributed by atoms with Gasteiger partial charge in [-0.3, -0.25) is 14.8 Å². The fraction of sp³-hybridized carbons (Fsp3) is 0.150. The van der Waals surface area contributed by atoms with Gasteiger partial charge in [-0.2, -0.15) is 0 Å². The van der Waals surface area contributed by atoms with Crippen molar-refractivity contribution in [2.24, 2.45) is 0 Å². The van der Waals surface area contributed by atoms with Crippen molar-refractivity contribution in [3.63, 3.8) is 0 Å². The minimum atomic E-state index is -0.164. The number of hydrogen-bond acceptors (Lipinski definition) is 4. The van der Waals surface area contributed by atoms with Crippen LogP contribution in [0.5, 0.6) is 5.75 Å². The van der Waals surface area contributed by atoms with Gasteiger partial charge in [-0.1, -0.05) is 17.7 Å². The zero-order valence-corrected chi connectivity index (χ0v) is 14.0. The first kappa shape index (κ1) is 16.6. The maximum absolute atomic E-state index is 12.0. The van der Waals surface area contributed by atoms with E-state index in [2.05, 4.69) is 15.3 Å². The van der Waals surface area contributed by atoms with E-state index in [9.17, 15) is 4.79 Å². The molecule has 2 aromatic heterocycles. The normalized spacial score (nSPS) is 10.3. The van der Waals surface area contributed by atoms with Crippen LogP contribution in [0, 0.1) is 6.92 Å². The van der Waals surface area contributed by atoms with Crippen molar-refractivity contribution in [3.05, 3.63) is 78.2 Å². The van der Waals surface area contributed by atoms with Gasteiger partial charge in [0.05, 0.1) is 5.69 Å². The van der Waals surface area contributed by atoms with Crippen LogP contribution in [-0.4, -0.2) is 22.5 Å². The molecule has 0 radical (unpaired) electrons. The van der Waals surface area contributed by atoms with E-state index in [1.807, 2.05) is 55.5 Å². The van der Waals surface area contributed by atoms with Gasteiger partial charge in [0, 0.05) is 30.7 Å². The Balaban J connectivity index is 1.53. The molecule has 3 aromatic rings. The lowest BCUT2D eigenvalue weighted by Crippen LogP contribution is -2.28. The van der Waals surface area contributed by atoms with Crippen molar-refractivity contribution in [1.82, 2.24) is 15.3 Å². The molecule has 0 unspecified atom stereocenters. The third-order valence-corrected chi connectivity index (χ3v) is 3.68. The summed E-state index contributed by atoms with van der Waals surface area (Å²) in [7, 11) is 0. The van der Waals surface area contributed by atoms with Crippen molar-refractivity contribution in [1.29, 1.82) is 0 Å². The highest BCUT2D eigenvalue weighted by Crippen LogP contribution is 2.16. The molecule has 3 rings (SSSR count). The van der Waals surface area contributed by atoms with Crippen molar-refractivity contribution < 1.29 is 9.53 Å². The fourth-order valence-electron chi connectivity index (χ4n) is 2.30. The third-order valence-electron chi connectivity index (χ3n) is 3.68. The van der Waals surface area contributed by atoms with Crippen molar-refractivity contribution in [2.45, 2.75) is 13.5 Å². The summed E-state index contributed by atoms with van der Waals surface area (Å²) in [4.78, 5) is 20.3. The predicted molar refractivity (Wildman–Crippen MR) is 96.0 cm³/mol. The molecule has 5 nitrogen and oxygen atoms in total. The largest absolute Gasteiger partial charge is 0.484 e. The Morgan fingerprint density at radius 2 is 1.80 bits per heavy atom. The van der Waals surface area contributed by atoms with Gasteiger partial charge in [0.1, 0.15) is 5.75 Å². The number of aryl methyl sites for hydroxylation is 1. The Hall–Kier alpha value is -3.21. The number of aromatic nitrogens is 2. The van der Waals surface area contributed by atoms with Crippen LogP contribution in [0.25, 0.3) is 11.3 Å². The molecule has 0 spiro atoms. The summed E-state index contributed by atoms with van der Waals surface area (Å²) in [5, 5.41) is 2.86. The van der Waals surface area contributed by atoms with Gasteiger partial charge in [0.25, 0.3) is 5.91 Å². The standard InChI is InChI=1S/C20H19N3O2/c1-15-2-4-18(5-3-15)25-14-20(24)23-13-16-6-11-22-19(12-16)17-7-9-21-10-8-17/h2-12H,13-14H2,1H3,(H,23,24). The monoisotopic (exact) mass is 333 g/mol. The van der Waals surface area contributed by atoms with Crippen LogP contribution in [0.1, 0.15) is 11.1 Å². The Morgan fingerprint density at radius 1 is 1.04 bits per heavy atom. The average Bonchev–Trinajstić information content (AvgIpc) is 2.67. The van der Waals surface area contributed by atoms with E-state index in [4.69, 9.17) is 4.74 Å². The lowest BCUT2D eigenvalue weighted by atomic mass is 10.1. The van der Waals surface area contributed by atoms with Gasteiger partial charge >= 0.3 is 0 Å². The molecule has 0 aliphatic carbocycles. The zero-order valence-electron chi connectivity index (χ0n) is 14.0. The molecule has 126 valence electrons. The molecular formula is C20H19N3O2. The number of carbonyl (C=O) groups is 1. The van der Waals surface area contributed by atoms with Gasteiger partial charge in [-0.05, 0) is 48.9 Å². The van der Waals surface area contributed by atoms with E-state index in [0.29, 0.717) is 12.3 Å². The molecule has 5 heteroatoms. The smallest absolute Gasteiger partial charge is 0.258 e. The summed E-state index contributed by atoms with van der Waals surface area (Å²) in [5.41, 5.74) is 3.97. The molecule has 0 fully saturated rings. The molecule has 0 bridgehead atoms. The lowest BCUT2D eigenvalue weighted by Gasteiger charge is -2.09. The van der Waals surface area contributed by atoms with E-state index >= 15 is 0 Å². The predicted octanol–water partition coefficient (Wildman–Crippen LogP) is 3.15. The molecule has 0 aliphatic rings. The Morgan fingerprint density at radius 3 is 2.56 bits per heavy atom. The third kappa shape index (κ3) is 4.88. The maximum atomic E-state index is 12.0. The second-order valence-electron chi connectivity index (χ2n) is 5.66. The van der Waals surface area contributed by atoms with Crippen LogP contribution in [0.4, 0.5) is 0 Å². The van der Waals surface area contributed by atoms with Crippen LogP contribution >= 0.6 is 0 Å². The Labute approximate surface area is 146 Å². The average molecular weight is 333 g/mol. The van der Waals surface area contributed by atoms with Gasteiger partial charge in [0.15, 0.2) is 6.61 Å². The molecule has 0 aliphatic heterocycles. The summed E-state index contributed by atoms with van der Waals surface area (Å²) in [6, 6.07) is 15.2. The van der Waals surface area contributed by atoms with Crippen LogP contribution in [0.15, 0.2) is 67.1 Å². The molecular weight excluding hydrogens is 314 g/mol. The second-order valence-corrected chi connectivity index (χ2v) is 5.66. The van der Waals surface area contributed by atoms with Gasteiger partial charge in [-0.25, -0.2) is 0 Å². The minimum absolute atomic E-state index is 0.00858. The number of nitrogens with zero attached hydrogens (tertiary/aromatic N) is 2. The first-order chi connectivity index (χ1) is 12.2. The maximum Gasteiger partial charge on any atom is 0.258 e. The van der Waals surface area contributed by atoms with Gasteiger partial charge < -0.3 is 10.1 Å². The van der Waals surface area contributed by atoms with Crippen LogP contribution < -0.4 is 10.1 Å². The number of pyridine rings is 2. The molecule has 2 heterocycles. The minimum Gasteiger partial charge on any atom is -0.484 e. The Bertz CT molecular complexity index is 833. The number of carbonyl (C=O) groups excluding carboxylic acids is 1. The lowest BCUT2D eigenvalue weighted by molar-refractivity contribution is -0.123. The molecule has 0 saturated carbocycles. The zero-order chi connectivity index (χ0) is 17.5. The second kappa shape index (κ2) is 8.06. The van der Waals surface area contributed by atoms with Crippen LogP contribution in [0.2, 0.25) is 0 Å². The van der Waals surface area contributed by atoms with E-state index in [0.717, 1.165) is 22.4 Å². The van der Waals surface area contributed by atoms with Gasteiger partial charge in [-0.15, -0.1) is 0 Å². The fourth-order valence-corrected chi connectivity index (χ4v) is 2.30. The Kier molecular flexibility index (Phi) is 5.36. The molecule has 1 aromatic carbocycles. The molecule has 1 N–H and O–H groups in total. The summed E-state index contributed by atoms with van der Waals surface area (Å²) >= 11 is 0. The van der Waals surface area contributed by atoms with Crippen molar-refractivity contribution in [2.75, 3.05) is 6.61 Å². The first-order valence-electron chi connectivity index (χ1n) is 8.02. The summed E-state index contributed by atoms with van der Waals surface area (Å²) < 4.78 is 5.47. The first-order valence-corrected chi connectivity index (χ1v) is 8.02. The van der Waals surface area contributed by atoms with Crippen molar-refractivity contribution >= 4 is 5.91 Å². The highest BCUT2D eigenvalue weighted by atomic mass is 16.5.